The molecule has 148 valence electrons. The minimum Gasteiger partial charge on any atom is -0.484 e. The van der Waals surface area contributed by atoms with Gasteiger partial charge in [-0.05, 0) is 29.5 Å². The van der Waals surface area contributed by atoms with Crippen molar-refractivity contribution in [3.05, 3.63) is 60.2 Å². The van der Waals surface area contributed by atoms with Crippen molar-refractivity contribution in [2.24, 2.45) is 5.41 Å². The lowest BCUT2D eigenvalue weighted by Crippen LogP contribution is -2.39. The Bertz CT molecular complexity index is 827. The number of nitrogens with one attached hydrogen (secondary N) is 1. The first-order valence-electron chi connectivity index (χ1n) is 9.72. The second kappa shape index (κ2) is 8.46. The van der Waals surface area contributed by atoms with Gasteiger partial charge in [-0.3, -0.25) is 9.59 Å². The minimum atomic E-state index is -0.175. The summed E-state index contributed by atoms with van der Waals surface area (Å²) in [5.41, 5.74) is 1.75. The zero-order valence-corrected chi connectivity index (χ0v) is 16.8. The summed E-state index contributed by atoms with van der Waals surface area (Å²) in [7, 11) is 0. The van der Waals surface area contributed by atoms with Crippen molar-refractivity contribution in [3.63, 3.8) is 0 Å². The Hall–Kier alpha value is -2.82. The molecule has 1 aliphatic rings. The van der Waals surface area contributed by atoms with E-state index < -0.39 is 0 Å². The number of ether oxygens (including phenoxy) is 1. The van der Waals surface area contributed by atoms with Gasteiger partial charge in [0.2, 0.25) is 5.91 Å². The number of benzene rings is 2. The molecule has 0 aromatic heterocycles. The smallest absolute Gasteiger partial charge is 0.258 e. The van der Waals surface area contributed by atoms with E-state index in [2.05, 4.69) is 26.1 Å². The van der Waals surface area contributed by atoms with Gasteiger partial charge in [0.1, 0.15) is 5.75 Å². The lowest BCUT2D eigenvalue weighted by atomic mass is 9.82. The number of hydrogen-bond acceptors (Lipinski definition) is 3. The van der Waals surface area contributed by atoms with Crippen LogP contribution in [-0.2, 0) is 9.59 Å². The van der Waals surface area contributed by atoms with Crippen LogP contribution in [0, 0.1) is 5.41 Å². The zero-order valence-electron chi connectivity index (χ0n) is 16.8. The summed E-state index contributed by atoms with van der Waals surface area (Å²) in [5.74, 6) is 0.538. The van der Waals surface area contributed by atoms with Crippen molar-refractivity contribution in [2.75, 3.05) is 18.1 Å². The van der Waals surface area contributed by atoms with Gasteiger partial charge in [-0.15, -0.1) is 0 Å². The number of nitrogens with zero attached hydrogens (tertiary/aromatic N) is 1. The van der Waals surface area contributed by atoms with Gasteiger partial charge in [-0.2, -0.15) is 0 Å². The average Bonchev–Trinajstić information content (AvgIpc) is 3.10. The van der Waals surface area contributed by atoms with E-state index in [-0.39, 0.29) is 29.9 Å². The van der Waals surface area contributed by atoms with Crippen LogP contribution < -0.4 is 15.0 Å². The first-order chi connectivity index (χ1) is 13.3. The van der Waals surface area contributed by atoms with E-state index in [1.165, 1.54) is 0 Å². The minimum absolute atomic E-state index is 0.0726. The molecule has 0 bridgehead atoms. The zero-order chi connectivity index (χ0) is 20.1. The Labute approximate surface area is 166 Å². The fourth-order valence-electron chi connectivity index (χ4n) is 3.46. The Kier molecular flexibility index (Phi) is 6.02. The van der Waals surface area contributed by atoms with Gasteiger partial charge in [0, 0.05) is 24.7 Å². The first kappa shape index (κ1) is 19.9. The number of carbonyl (C=O) groups excluding carboxylic acids is 2. The Morgan fingerprint density at radius 1 is 1.14 bits per heavy atom. The molecule has 0 spiro atoms. The quantitative estimate of drug-likeness (QED) is 0.821. The van der Waals surface area contributed by atoms with Crippen molar-refractivity contribution >= 4 is 17.5 Å². The molecule has 0 aliphatic carbocycles. The molecule has 2 amide bonds. The topological polar surface area (TPSA) is 58.6 Å². The molecule has 3 rings (SSSR count). The summed E-state index contributed by atoms with van der Waals surface area (Å²) in [6.45, 7) is 6.96. The normalized spacial score (nSPS) is 15.4. The SMILES string of the molecule is CC(C)(C)C(NC(=O)COc1cccc(N2CCCC2=O)c1)c1ccccc1. The summed E-state index contributed by atoms with van der Waals surface area (Å²) < 4.78 is 5.70. The van der Waals surface area contributed by atoms with E-state index in [4.69, 9.17) is 4.74 Å². The van der Waals surface area contributed by atoms with Crippen LogP contribution in [0.1, 0.15) is 45.2 Å². The molecule has 2 aromatic carbocycles. The average molecular weight is 380 g/mol. The van der Waals surface area contributed by atoms with Crippen LogP contribution in [0.5, 0.6) is 5.75 Å². The molecule has 1 fully saturated rings. The highest BCUT2D eigenvalue weighted by Gasteiger charge is 2.28. The standard InChI is InChI=1S/C23H28N2O3/c1-23(2,3)22(17-9-5-4-6-10-17)24-20(26)16-28-19-12-7-11-18(15-19)25-14-8-13-21(25)27/h4-7,9-12,15,22H,8,13-14,16H2,1-3H3,(H,24,26). The summed E-state index contributed by atoms with van der Waals surface area (Å²) in [5, 5.41) is 3.09. The van der Waals surface area contributed by atoms with Crippen LogP contribution in [0.25, 0.3) is 0 Å². The maximum atomic E-state index is 12.5. The number of rotatable bonds is 6. The van der Waals surface area contributed by atoms with Crippen LogP contribution in [-0.4, -0.2) is 25.0 Å². The van der Waals surface area contributed by atoms with Gasteiger partial charge in [0.05, 0.1) is 6.04 Å². The van der Waals surface area contributed by atoms with E-state index in [0.29, 0.717) is 12.2 Å². The van der Waals surface area contributed by atoms with Crippen LogP contribution in [0.2, 0.25) is 0 Å². The van der Waals surface area contributed by atoms with E-state index in [0.717, 1.165) is 24.2 Å². The highest BCUT2D eigenvalue weighted by Crippen LogP contribution is 2.32. The number of carbonyl (C=O) groups is 2. The van der Waals surface area contributed by atoms with Crippen LogP contribution in [0.15, 0.2) is 54.6 Å². The highest BCUT2D eigenvalue weighted by molar-refractivity contribution is 5.95. The van der Waals surface area contributed by atoms with Crippen molar-refractivity contribution in [2.45, 2.75) is 39.7 Å². The van der Waals surface area contributed by atoms with Gasteiger partial charge in [0.25, 0.3) is 5.91 Å². The fourth-order valence-corrected chi connectivity index (χ4v) is 3.46. The van der Waals surface area contributed by atoms with Crippen molar-refractivity contribution < 1.29 is 14.3 Å². The predicted octanol–water partition coefficient (Wildman–Crippen LogP) is 4.10. The van der Waals surface area contributed by atoms with Crippen LogP contribution >= 0.6 is 0 Å². The van der Waals surface area contributed by atoms with E-state index in [9.17, 15) is 9.59 Å². The third-order valence-electron chi connectivity index (χ3n) is 4.88. The Morgan fingerprint density at radius 3 is 2.54 bits per heavy atom. The fraction of sp³-hybridized carbons (Fsp3) is 0.391. The molecule has 2 aromatic rings. The summed E-state index contributed by atoms with van der Waals surface area (Å²) in [6.07, 6.45) is 1.46. The molecule has 1 heterocycles. The highest BCUT2D eigenvalue weighted by atomic mass is 16.5. The third-order valence-corrected chi connectivity index (χ3v) is 4.88. The molecular weight excluding hydrogens is 352 g/mol. The van der Waals surface area contributed by atoms with Gasteiger partial charge < -0.3 is 15.0 Å². The molecule has 1 aliphatic heterocycles. The largest absolute Gasteiger partial charge is 0.484 e. The predicted molar refractivity (Wildman–Crippen MR) is 110 cm³/mol. The summed E-state index contributed by atoms with van der Waals surface area (Å²) >= 11 is 0. The molecule has 5 nitrogen and oxygen atoms in total. The second-order valence-corrected chi connectivity index (χ2v) is 8.21. The first-order valence-corrected chi connectivity index (χ1v) is 9.72. The molecule has 5 heteroatoms. The lowest BCUT2D eigenvalue weighted by molar-refractivity contribution is -0.124. The number of hydrogen-bond donors (Lipinski definition) is 1. The molecule has 0 saturated carbocycles. The molecule has 28 heavy (non-hydrogen) atoms. The van der Waals surface area contributed by atoms with Crippen molar-refractivity contribution in [3.8, 4) is 5.75 Å². The monoisotopic (exact) mass is 380 g/mol. The molecular formula is C23H28N2O3. The molecule has 1 unspecified atom stereocenters. The van der Waals surface area contributed by atoms with E-state index in [1.807, 2.05) is 48.5 Å². The maximum absolute atomic E-state index is 12.5. The molecule has 1 N–H and O–H groups in total. The number of anilines is 1. The van der Waals surface area contributed by atoms with Crippen LogP contribution in [0.3, 0.4) is 0 Å². The van der Waals surface area contributed by atoms with E-state index in [1.54, 1.807) is 11.0 Å². The Morgan fingerprint density at radius 2 is 1.89 bits per heavy atom. The lowest BCUT2D eigenvalue weighted by Gasteiger charge is -2.32. The summed E-state index contributed by atoms with van der Waals surface area (Å²) in [6, 6.07) is 17.2. The number of amides is 2. The maximum Gasteiger partial charge on any atom is 0.258 e. The Balaban J connectivity index is 1.63. The van der Waals surface area contributed by atoms with Gasteiger partial charge in [-0.25, -0.2) is 0 Å². The van der Waals surface area contributed by atoms with Gasteiger partial charge in [-0.1, -0.05) is 57.2 Å². The molecule has 1 saturated heterocycles. The van der Waals surface area contributed by atoms with Gasteiger partial charge in [0.15, 0.2) is 6.61 Å². The third kappa shape index (κ3) is 4.91. The van der Waals surface area contributed by atoms with Gasteiger partial charge >= 0.3 is 0 Å². The molecule has 0 radical (unpaired) electrons. The second-order valence-electron chi connectivity index (χ2n) is 8.21. The van der Waals surface area contributed by atoms with Crippen molar-refractivity contribution in [1.29, 1.82) is 0 Å². The van der Waals surface area contributed by atoms with Crippen molar-refractivity contribution in [1.82, 2.24) is 5.32 Å². The summed E-state index contributed by atoms with van der Waals surface area (Å²) in [4.78, 5) is 26.2. The van der Waals surface area contributed by atoms with Crippen LogP contribution in [0.4, 0.5) is 5.69 Å². The molecule has 1 atom stereocenters. The van der Waals surface area contributed by atoms with E-state index >= 15 is 0 Å².